The molecule has 0 radical (unpaired) electrons. The maximum absolute atomic E-state index is 12.5. The van der Waals surface area contributed by atoms with E-state index in [-0.39, 0.29) is 17.2 Å². The molecule has 168 valence electrons. The summed E-state index contributed by atoms with van der Waals surface area (Å²) in [5.41, 5.74) is 3.51. The van der Waals surface area contributed by atoms with E-state index in [9.17, 15) is 9.59 Å². The monoisotopic (exact) mass is 435 g/mol. The summed E-state index contributed by atoms with van der Waals surface area (Å²) < 4.78 is 8.89. The number of aromatic nitrogens is 3. The molecular weight excluding hydrogens is 406 g/mol. The first kappa shape index (κ1) is 20.9. The minimum Gasteiger partial charge on any atom is -0.496 e. The summed E-state index contributed by atoms with van der Waals surface area (Å²) in [6.45, 7) is 6.12. The Morgan fingerprint density at radius 3 is 2.72 bits per heavy atom. The molecule has 2 aromatic heterocycles. The van der Waals surface area contributed by atoms with Gasteiger partial charge in [-0.15, -0.1) is 0 Å². The lowest BCUT2D eigenvalue weighted by Crippen LogP contribution is -2.44. The molecule has 1 N–H and O–H groups in total. The molecule has 8 nitrogen and oxygen atoms in total. The topological polar surface area (TPSA) is 81.4 Å². The molecule has 2 aliphatic rings. The Morgan fingerprint density at radius 1 is 1.12 bits per heavy atom. The van der Waals surface area contributed by atoms with Gasteiger partial charge >= 0.3 is 0 Å². The number of ether oxygens (including phenoxy) is 1. The molecule has 1 fully saturated rings. The molecule has 1 atom stereocenters. The Bertz CT molecular complexity index is 1250. The van der Waals surface area contributed by atoms with Crippen LogP contribution >= 0.6 is 0 Å². The van der Waals surface area contributed by atoms with Crippen LogP contribution in [0.1, 0.15) is 30.0 Å². The molecule has 0 spiro atoms. The van der Waals surface area contributed by atoms with Gasteiger partial charge in [0.2, 0.25) is 0 Å². The number of hydrogen-bond donors (Lipinski definition) is 1. The van der Waals surface area contributed by atoms with Crippen LogP contribution in [0.3, 0.4) is 0 Å². The van der Waals surface area contributed by atoms with Gasteiger partial charge in [-0.1, -0.05) is 12.1 Å². The van der Waals surface area contributed by atoms with Crippen LogP contribution in [0, 0.1) is 6.92 Å². The Balaban J connectivity index is 1.20. The average molecular weight is 436 g/mol. The molecule has 1 aromatic carbocycles. The Morgan fingerprint density at radius 2 is 1.94 bits per heavy atom. The largest absolute Gasteiger partial charge is 0.496 e. The van der Waals surface area contributed by atoms with E-state index in [1.54, 1.807) is 22.3 Å². The molecule has 5 rings (SSSR count). The summed E-state index contributed by atoms with van der Waals surface area (Å²) in [6.07, 6.45) is 3.48. The van der Waals surface area contributed by atoms with Gasteiger partial charge in [0.15, 0.2) is 0 Å². The molecule has 0 saturated carbocycles. The number of nitrogens with zero attached hydrogens (tertiary/aromatic N) is 4. The van der Waals surface area contributed by atoms with Gasteiger partial charge in [0, 0.05) is 31.7 Å². The third-order valence-electron chi connectivity index (χ3n) is 6.80. The van der Waals surface area contributed by atoms with Crippen molar-refractivity contribution < 1.29 is 4.74 Å². The lowest BCUT2D eigenvalue weighted by atomic mass is 10.0. The summed E-state index contributed by atoms with van der Waals surface area (Å²) in [6, 6.07) is 10.0. The van der Waals surface area contributed by atoms with Gasteiger partial charge in [-0.25, -0.2) is 4.98 Å². The molecule has 2 aliphatic heterocycles. The van der Waals surface area contributed by atoms with Crippen molar-refractivity contribution in [2.45, 2.75) is 44.9 Å². The van der Waals surface area contributed by atoms with Gasteiger partial charge in [0.05, 0.1) is 19.3 Å². The van der Waals surface area contributed by atoms with Crippen LogP contribution in [0.4, 0.5) is 0 Å². The van der Waals surface area contributed by atoms with Crippen molar-refractivity contribution in [3.05, 3.63) is 68.4 Å². The van der Waals surface area contributed by atoms with Gasteiger partial charge in [-0.2, -0.15) is 0 Å². The van der Waals surface area contributed by atoms with E-state index in [1.165, 1.54) is 17.8 Å². The van der Waals surface area contributed by atoms with Crippen LogP contribution < -0.4 is 21.2 Å². The van der Waals surface area contributed by atoms with Gasteiger partial charge in [-0.3, -0.25) is 18.7 Å². The highest BCUT2D eigenvalue weighted by Crippen LogP contribution is 2.24. The van der Waals surface area contributed by atoms with E-state index in [4.69, 9.17) is 4.74 Å². The van der Waals surface area contributed by atoms with E-state index in [0.29, 0.717) is 23.8 Å². The van der Waals surface area contributed by atoms with Crippen molar-refractivity contribution in [1.29, 1.82) is 0 Å². The Labute approximate surface area is 186 Å². The number of pyridine rings is 1. The first-order valence-electron chi connectivity index (χ1n) is 11.2. The second-order valence-electron chi connectivity index (χ2n) is 8.87. The summed E-state index contributed by atoms with van der Waals surface area (Å²) >= 11 is 0. The van der Waals surface area contributed by atoms with Crippen LogP contribution in [0.2, 0.25) is 0 Å². The number of methoxy groups -OCH3 is 1. The van der Waals surface area contributed by atoms with Crippen molar-refractivity contribution in [1.82, 2.24) is 24.3 Å². The second kappa shape index (κ2) is 8.52. The molecule has 1 saturated heterocycles. The smallest absolute Gasteiger partial charge is 0.270 e. The lowest BCUT2D eigenvalue weighted by molar-refractivity contribution is 0.171. The zero-order chi connectivity index (χ0) is 22.2. The van der Waals surface area contributed by atoms with Crippen molar-refractivity contribution >= 4 is 11.2 Å². The predicted octanol–water partition coefficient (Wildman–Crippen LogP) is 1.68. The fourth-order valence-electron chi connectivity index (χ4n) is 5.02. The van der Waals surface area contributed by atoms with E-state index < -0.39 is 0 Å². The fraction of sp³-hybridized carbons (Fsp3) is 0.458. The number of benzene rings is 1. The average Bonchev–Trinajstić information content (AvgIpc) is 3.19. The van der Waals surface area contributed by atoms with Crippen LogP contribution in [0.15, 0.2) is 46.1 Å². The van der Waals surface area contributed by atoms with E-state index in [2.05, 4.69) is 40.3 Å². The highest BCUT2D eigenvalue weighted by atomic mass is 16.5. The second-order valence-corrected chi connectivity index (χ2v) is 8.87. The number of nitrogens with one attached hydrogen (secondary N) is 1. The molecule has 32 heavy (non-hydrogen) atoms. The molecular formula is C24H29N5O3. The fourth-order valence-corrected chi connectivity index (χ4v) is 5.02. The van der Waals surface area contributed by atoms with Gasteiger partial charge in [-0.05, 0) is 56.1 Å². The number of piperidine rings is 1. The highest BCUT2D eigenvalue weighted by Gasteiger charge is 2.29. The quantitative estimate of drug-likeness (QED) is 0.635. The normalized spacial score (nSPS) is 19.0. The van der Waals surface area contributed by atoms with Gasteiger partial charge in [0.1, 0.15) is 16.9 Å². The minimum absolute atomic E-state index is 0.0346. The number of aryl methyl sites for hydroxylation is 1. The zero-order valence-corrected chi connectivity index (χ0v) is 18.6. The van der Waals surface area contributed by atoms with Crippen LogP contribution in [0.25, 0.3) is 11.2 Å². The first-order chi connectivity index (χ1) is 15.5. The molecule has 0 aliphatic carbocycles. The van der Waals surface area contributed by atoms with Gasteiger partial charge in [0.25, 0.3) is 11.1 Å². The third kappa shape index (κ3) is 3.84. The number of hydrogen-bond acceptors (Lipinski definition) is 6. The van der Waals surface area contributed by atoms with Crippen molar-refractivity contribution in [2.75, 3.05) is 26.7 Å². The van der Waals surface area contributed by atoms with Crippen LogP contribution in [-0.2, 0) is 13.1 Å². The molecule has 0 bridgehead atoms. The summed E-state index contributed by atoms with van der Waals surface area (Å²) in [7, 11) is 1.71. The van der Waals surface area contributed by atoms with Crippen LogP contribution in [-0.4, -0.2) is 51.8 Å². The van der Waals surface area contributed by atoms with E-state index in [0.717, 1.165) is 50.3 Å². The Hall–Kier alpha value is -2.97. The third-order valence-corrected chi connectivity index (χ3v) is 6.80. The summed E-state index contributed by atoms with van der Waals surface area (Å²) in [5.74, 6) is 0.927. The minimum atomic E-state index is -0.135. The Kier molecular flexibility index (Phi) is 5.57. The van der Waals surface area contributed by atoms with Crippen molar-refractivity contribution in [2.24, 2.45) is 0 Å². The SMILES string of the molecule is COc1cc(CNC2CCN(CC3Cn4c(=O)ccc5ncc(=O)n3c54)CC2)ccc1C. The maximum atomic E-state index is 12.5. The van der Waals surface area contributed by atoms with E-state index >= 15 is 0 Å². The molecule has 4 heterocycles. The molecule has 8 heteroatoms. The zero-order valence-electron chi connectivity index (χ0n) is 18.6. The van der Waals surface area contributed by atoms with Crippen molar-refractivity contribution in [3.8, 4) is 5.75 Å². The molecule has 3 aromatic rings. The van der Waals surface area contributed by atoms with Gasteiger partial charge < -0.3 is 15.0 Å². The van der Waals surface area contributed by atoms with E-state index in [1.807, 2.05) is 0 Å². The maximum Gasteiger partial charge on any atom is 0.270 e. The molecule has 0 amide bonds. The summed E-state index contributed by atoms with van der Waals surface area (Å²) in [5, 5.41) is 3.68. The lowest BCUT2D eigenvalue weighted by Gasteiger charge is -2.34. The number of rotatable bonds is 6. The standard InChI is InChI=1S/C24H29N5O3/c1-16-3-4-17(11-21(16)32-2)12-25-18-7-9-27(10-8-18)14-19-15-28-22(30)6-5-20-24(28)29(19)23(31)13-26-20/h3-6,11,13,18-19,25H,7-10,12,14-15H2,1-2H3. The van der Waals surface area contributed by atoms with Crippen molar-refractivity contribution in [3.63, 3.8) is 0 Å². The predicted molar refractivity (Wildman–Crippen MR) is 123 cm³/mol. The first-order valence-corrected chi connectivity index (χ1v) is 11.2. The molecule has 1 unspecified atom stereocenters. The van der Waals surface area contributed by atoms with Crippen LogP contribution in [0.5, 0.6) is 5.75 Å². The number of likely N-dealkylation sites (tertiary alicyclic amines) is 1. The summed E-state index contributed by atoms with van der Waals surface area (Å²) in [4.78, 5) is 31.5. The highest BCUT2D eigenvalue weighted by molar-refractivity contribution is 5.71.